The Hall–Kier alpha value is -0.600. The summed E-state index contributed by atoms with van der Waals surface area (Å²) in [5.74, 6) is 0. The van der Waals surface area contributed by atoms with E-state index in [9.17, 15) is 0 Å². The van der Waals surface area contributed by atoms with Crippen molar-refractivity contribution in [2.75, 3.05) is 0 Å². The average Bonchev–Trinajstić information content (AvgIpc) is 2.04. The Morgan fingerprint density at radius 1 is 1.42 bits per heavy atom. The van der Waals surface area contributed by atoms with Crippen LogP contribution >= 0.6 is 12.4 Å². The first-order valence-electron chi connectivity index (χ1n) is 3.59. The third-order valence-corrected chi connectivity index (χ3v) is 1.86. The molecule has 0 unspecified atom stereocenters. The minimum atomic E-state index is 0. The zero-order valence-corrected chi connectivity index (χ0v) is 8.47. The van der Waals surface area contributed by atoms with Crippen LogP contribution in [0.1, 0.15) is 18.1 Å². The Morgan fingerprint density at radius 2 is 2.00 bits per heavy atom. The summed E-state index contributed by atoms with van der Waals surface area (Å²) in [6.45, 7) is 2.07. The van der Waals surface area contributed by atoms with Crippen molar-refractivity contribution in [3.05, 3.63) is 35.4 Å². The maximum atomic E-state index is 7.29. The van der Waals surface area contributed by atoms with E-state index in [1.807, 2.05) is 24.3 Å². The van der Waals surface area contributed by atoms with E-state index in [-0.39, 0.29) is 17.5 Å². The lowest BCUT2D eigenvalue weighted by Gasteiger charge is -2.11. The van der Waals surface area contributed by atoms with E-state index in [0.29, 0.717) is 0 Å². The van der Waals surface area contributed by atoms with Gasteiger partial charge in [-0.1, -0.05) is 36.2 Å². The van der Waals surface area contributed by atoms with E-state index in [1.54, 1.807) is 0 Å². The van der Waals surface area contributed by atoms with Gasteiger partial charge in [-0.3, -0.25) is 0 Å². The Morgan fingerprint density at radius 3 is 2.42 bits per heavy atom. The molecule has 0 aliphatic carbocycles. The molecule has 0 fully saturated rings. The van der Waals surface area contributed by atoms with Crippen molar-refractivity contribution in [1.29, 1.82) is 5.41 Å². The van der Waals surface area contributed by atoms with E-state index in [0.717, 1.165) is 17.5 Å². The highest BCUT2D eigenvalue weighted by Gasteiger charge is 1.94. The quantitative estimate of drug-likeness (QED) is 0.443. The average molecular weight is 201 g/mol. The van der Waals surface area contributed by atoms with Crippen molar-refractivity contribution in [1.82, 2.24) is 0 Å². The third kappa shape index (κ3) is 2.47. The number of nitrogens with one attached hydrogen (secondary N) is 1. The van der Waals surface area contributed by atoms with Gasteiger partial charge < -0.3 is 18.0 Å². The molecule has 0 bridgehead atoms. The van der Waals surface area contributed by atoms with Gasteiger partial charge in [0.2, 0.25) is 0 Å². The van der Waals surface area contributed by atoms with Crippen LogP contribution in [-0.2, 0) is 19.0 Å². The van der Waals surface area contributed by atoms with Crippen molar-refractivity contribution in [3.8, 4) is 0 Å². The normalized spacial score (nSPS) is 8.75. The van der Waals surface area contributed by atoms with Gasteiger partial charge in [0, 0.05) is 0 Å². The molecule has 0 aromatic heterocycles. The molecule has 0 heterocycles. The van der Waals surface area contributed by atoms with Crippen LogP contribution in [0.15, 0.2) is 24.3 Å². The second-order valence-electron chi connectivity index (χ2n) is 2.34. The van der Waals surface area contributed by atoms with Crippen LogP contribution in [0.2, 0.25) is 0 Å². The van der Waals surface area contributed by atoms with E-state index in [4.69, 9.17) is 18.0 Å². The van der Waals surface area contributed by atoms with Crippen LogP contribution in [0.3, 0.4) is 0 Å². The van der Waals surface area contributed by atoms with Crippen LogP contribution in [0.4, 0.5) is 0 Å². The predicted octanol–water partition coefficient (Wildman–Crippen LogP) is 2.54. The van der Waals surface area contributed by atoms with Gasteiger partial charge in [0.05, 0.1) is 0 Å². The van der Waals surface area contributed by atoms with E-state index in [2.05, 4.69) is 6.92 Å². The molecule has 12 heavy (non-hydrogen) atoms. The fraction of sp³-hybridized carbons (Fsp3) is 0.222. The van der Waals surface area contributed by atoms with Gasteiger partial charge in [-0.2, -0.15) is 0 Å². The Kier molecular flexibility index (Phi) is 4.86. The van der Waals surface area contributed by atoms with Crippen LogP contribution in [0, 0.1) is 5.41 Å². The number of hydrogen-bond acceptors (Lipinski definition) is 2. The molecule has 3 heteroatoms. The van der Waals surface area contributed by atoms with Gasteiger partial charge in [-0.05, 0) is 17.5 Å². The van der Waals surface area contributed by atoms with Crippen molar-refractivity contribution < 1.29 is 0 Å². The lowest BCUT2D eigenvalue weighted by molar-refractivity contribution is 1.13. The second-order valence-corrected chi connectivity index (χ2v) is 2.75. The first-order valence-corrected chi connectivity index (χ1v) is 4.00. The standard InChI is InChI=1S/C9H11NS.ClH/c1-2-7-5-3-4-6-8(7)9(10)11;/h3-6H,2H2,1H3,(H2,10,11);1H/p-1. The molecule has 1 aromatic rings. The molecular weight excluding hydrogens is 190 g/mol. The number of halogens is 1. The van der Waals surface area contributed by atoms with Gasteiger partial charge in [0.1, 0.15) is 0 Å². The van der Waals surface area contributed by atoms with Gasteiger partial charge >= 0.3 is 0 Å². The summed E-state index contributed by atoms with van der Waals surface area (Å²) in [6, 6.07) is 7.79. The minimum Gasteiger partial charge on any atom is -0.760 e. The summed E-state index contributed by atoms with van der Waals surface area (Å²) in [7, 11) is 0. The molecule has 0 aliphatic heterocycles. The number of hydrogen-bond donors (Lipinski definition) is 1. The molecule has 0 radical (unpaired) electrons. The van der Waals surface area contributed by atoms with Gasteiger partial charge in [0.25, 0.3) is 0 Å². The molecule has 1 nitrogen and oxygen atoms in total. The number of rotatable bonds is 2. The molecule has 0 aliphatic rings. The molecule has 0 atom stereocenters. The van der Waals surface area contributed by atoms with E-state index < -0.39 is 0 Å². The zero-order valence-electron chi connectivity index (χ0n) is 6.83. The van der Waals surface area contributed by atoms with Crippen molar-refractivity contribution in [3.63, 3.8) is 0 Å². The van der Waals surface area contributed by atoms with Gasteiger partial charge in [-0.25, -0.2) is 0 Å². The maximum Gasteiger partial charge on any atom is -0.0243 e. The highest BCUT2D eigenvalue weighted by Crippen LogP contribution is 2.08. The molecule has 1 aromatic carbocycles. The molecule has 1 N–H and O–H groups in total. The van der Waals surface area contributed by atoms with Crippen molar-refractivity contribution in [2.45, 2.75) is 13.3 Å². The molecule has 0 saturated heterocycles. The van der Waals surface area contributed by atoms with Crippen LogP contribution < -0.4 is 0 Å². The maximum absolute atomic E-state index is 7.29. The van der Waals surface area contributed by atoms with Crippen LogP contribution in [0.5, 0.6) is 0 Å². The number of aryl methyl sites for hydroxylation is 1. The largest absolute Gasteiger partial charge is 0.760 e. The zero-order chi connectivity index (χ0) is 8.27. The molecule has 0 saturated carbocycles. The highest BCUT2D eigenvalue weighted by molar-refractivity contribution is 7.78. The fourth-order valence-corrected chi connectivity index (χ4v) is 1.25. The lowest BCUT2D eigenvalue weighted by Crippen LogP contribution is -1.98. The predicted molar refractivity (Wildman–Crippen MR) is 57.3 cm³/mol. The van der Waals surface area contributed by atoms with E-state index >= 15 is 0 Å². The van der Waals surface area contributed by atoms with Gasteiger partial charge in [0.15, 0.2) is 0 Å². The summed E-state index contributed by atoms with van der Waals surface area (Å²) in [6.07, 6.45) is 0.940. The van der Waals surface area contributed by atoms with E-state index in [1.165, 1.54) is 0 Å². The monoisotopic (exact) mass is 200 g/mol. The summed E-state index contributed by atoms with van der Waals surface area (Å²) in [4.78, 5) is 0. The highest BCUT2D eigenvalue weighted by atomic mass is 35.5. The Labute approximate surface area is 84.5 Å². The molecule has 0 spiro atoms. The molecular formula is C9H11ClNS-. The number of benzene rings is 1. The van der Waals surface area contributed by atoms with Crippen molar-refractivity contribution in [2.24, 2.45) is 0 Å². The lowest BCUT2D eigenvalue weighted by atomic mass is 10.1. The summed E-state index contributed by atoms with van der Waals surface area (Å²) >= 11 is 4.78. The fourth-order valence-electron chi connectivity index (χ4n) is 1.05. The van der Waals surface area contributed by atoms with Crippen molar-refractivity contribution >= 4 is 30.1 Å². The molecule has 1 rings (SSSR count). The summed E-state index contributed by atoms with van der Waals surface area (Å²) in [5, 5.41) is 7.53. The molecule has 66 valence electrons. The Bertz CT molecular complexity index is 273. The molecule has 0 amide bonds. The third-order valence-electron chi connectivity index (χ3n) is 1.64. The van der Waals surface area contributed by atoms with Crippen LogP contribution in [-0.4, -0.2) is 5.04 Å². The summed E-state index contributed by atoms with van der Waals surface area (Å²) in [5.41, 5.74) is 2.05. The SMILES string of the molecule is CCc1ccccc1C(=N)[S-].Cl. The first-order chi connectivity index (χ1) is 5.25. The smallest absolute Gasteiger partial charge is 0.0243 e. The van der Waals surface area contributed by atoms with Gasteiger partial charge in [-0.15, -0.1) is 12.4 Å². The topological polar surface area (TPSA) is 23.9 Å². The minimum absolute atomic E-state index is 0. The second kappa shape index (κ2) is 5.12. The first kappa shape index (κ1) is 11.4. The van der Waals surface area contributed by atoms with Crippen LogP contribution in [0.25, 0.3) is 0 Å². The Balaban J connectivity index is 0.00000121. The summed E-state index contributed by atoms with van der Waals surface area (Å²) < 4.78 is 0.